The second-order valence-electron chi connectivity index (χ2n) is 2.98. The highest BCUT2D eigenvalue weighted by atomic mass is 19.1. The molecule has 2 nitrogen and oxygen atoms in total. The van der Waals surface area contributed by atoms with E-state index in [1.807, 2.05) is 6.92 Å². The van der Waals surface area contributed by atoms with Crippen LogP contribution < -0.4 is 5.73 Å². The van der Waals surface area contributed by atoms with E-state index in [0.29, 0.717) is 0 Å². The van der Waals surface area contributed by atoms with Crippen LogP contribution in [0.4, 0.5) is 4.39 Å². The van der Waals surface area contributed by atoms with Gasteiger partial charge in [0.1, 0.15) is 5.82 Å². The summed E-state index contributed by atoms with van der Waals surface area (Å²) < 4.78 is 12.4. The normalized spacial score (nSPS) is 12.9. The molecule has 66 valence electrons. The van der Waals surface area contributed by atoms with Crippen LogP contribution in [0.2, 0.25) is 0 Å². The fourth-order valence-electron chi connectivity index (χ4n) is 0.930. The third-order valence-corrected chi connectivity index (χ3v) is 1.64. The first-order valence-corrected chi connectivity index (χ1v) is 4.04. The number of aryl methyl sites for hydroxylation is 1. The maximum atomic E-state index is 12.4. The average Bonchev–Trinajstić information content (AvgIpc) is 2.03. The molecule has 1 aromatic heterocycles. The van der Waals surface area contributed by atoms with Crippen LogP contribution in [0, 0.1) is 5.82 Å². The van der Waals surface area contributed by atoms with Gasteiger partial charge in [0.2, 0.25) is 0 Å². The molecule has 0 aromatic carbocycles. The zero-order valence-corrected chi connectivity index (χ0v) is 7.13. The number of rotatable bonds is 3. The van der Waals surface area contributed by atoms with E-state index in [4.69, 9.17) is 5.73 Å². The maximum Gasteiger partial charge on any atom is 0.141 e. The molecule has 1 rings (SSSR count). The molecule has 0 amide bonds. The maximum absolute atomic E-state index is 12.4. The summed E-state index contributed by atoms with van der Waals surface area (Å²) in [5.74, 6) is -0.292. The molecule has 12 heavy (non-hydrogen) atoms. The van der Waals surface area contributed by atoms with E-state index in [9.17, 15) is 4.39 Å². The summed E-state index contributed by atoms with van der Waals surface area (Å²) in [7, 11) is 0. The third kappa shape index (κ3) is 2.96. The second-order valence-corrected chi connectivity index (χ2v) is 2.98. The molecule has 2 N–H and O–H groups in total. The molecule has 0 bridgehead atoms. The molecule has 0 saturated carbocycles. The Morgan fingerprint density at radius 1 is 1.58 bits per heavy atom. The Labute approximate surface area is 71.6 Å². The Balaban J connectivity index is 2.48. The van der Waals surface area contributed by atoms with Crippen LogP contribution in [-0.4, -0.2) is 11.0 Å². The number of nitrogens with two attached hydrogens (primary N) is 1. The van der Waals surface area contributed by atoms with E-state index in [1.54, 1.807) is 6.07 Å². The Bertz CT molecular complexity index is 231. The molecule has 0 aliphatic heterocycles. The van der Waals surface area contributed by atoms with Gasteiger partial charge < -0.3 is 5.73 Å². The van der Waals surface area contributed by atoms with Gasteiger partial charge in [-0.05, 0) is 31.9 Å². The second kappa shape index (κ2) is 4.16. The monoisotopic (exact) mass is 168 g/mol. The Morgan fingerprint density at radius 3 is 2.83 bits per heavy atom. The molecule has 0 radical (unpaired) electrons. The van der Waals surface area contributed by atoms with Gasteiger partial charge in [0.15, 0.2) is 0 Å². The molecular formula is C9H13FN2. The summed E-state index contributed by atoms with van der Waals surface area (Å²) in [5.41, 5.74) is 6.47. The number of nitrogens with zero attached hydrogens (tertiary/aromatic N) is 1. The van der Waals surface area contributed by atoms with Gasteiger partial charge >= 0.3 is 0 Å². The van der Waals surface area contributed by atoms with Crippen molar-refractivity contribution < 1.29 is 4.39 Å². The van der Waals surface area contributed by atoms with Crippen molar-refractivity contribution in [3.63, 3.8) is 0 Å². The van der Waals surface area contributed by atoms with Crippen LogP contribution in [-0.2, 0) is 6.42 Å². The van der Waals surface area contributed by atoms with E-state index in [-0.39, 0.29) is 11.9 Å². The third-order valence-electron chi connectivity index (χ3n) is 1.64. The van der Waals surface area contributed by atoms with Crippen molar-refractivity contribution in [2.45, 2.75) is 25.8 Å². The number of hydrogen-bond acceptors (Lipinski definition) is 2. The molecule has 3 heteroatoms. The van der Waals surface area contributed by atoms with Gasteiger partial charge in [0.05, 0.1) is 6.20 Å². The van der Waals surface area contributed by atoms with Gasteiger partial charge in [-0.3, -0.25) is 4.98 Å². The fourth-order valence-corrected chi connectivity index (χ4v) is 0.930. The van der Waals surface area contributed by atoms with Gasteiger partial charge in [-0.25, -0.2) is 4.39 Å². The van der Waals surface area contributed by atoms with Crippen molar-refractivity contribution in [2.24, 2.45) is 5.73 Å². The van der Waals surface area contributed by atoms with Crippen molar-refractivity contribution in [2.75, 3.05) is 0 Å². The van der Waals surface area contributed by atoms with E-state index < -0.39 is 0 Å². The molecule has 0 unspecified atom stereocenters. The number of pyridine rings is 1. The number of halogens is 1. The lowest BCUT2D eigenvalue weighted by molar-refractivity contribution is 0.614. The Morgan fingerprint density at radius 2 is 2.33 bits per heavy atom. The van der Waals surface area contributed by atoms with Gasteiger partial charge in [-0.1, -0.05) is 0 Å². The number of aromatic nitrogens is 1. The lowest BCUT2D eigenvalue weighted by Gasteiger charge is -2.03. The van der Waals surface area contributed by atoms with Crippen molar-refractivity contribution in [1.29, 1.82) is 0 Å². The SMILES string of the molecule is C[C@@H](N)CCc1ccc(F)cn1. The van der Waals surface area contributed by atoms with Gasteiger partial charge in [-0.2, -0.15) is 0 Å². The summed E-state index contributed by atoms with van der Waals surface area (Å²) in [6, 6.07) is 3.29. The summed E-state index contributed by atoms with van der Waals surface area (Å²) in [6.45, 7) is 1.95. The van der Waals surface area contributed by atoms with E-state index in [0.717, 1.165) is 18.5 Å². The highest BCUT2D eigenvalue weighted by molar-refractivity contribution is 5.05. The van der Waals surface area contributed by atoms with E-state index in [2.05, 4.69) is 4.98 Å². The van der Waals surface area contributed by atoms with E-state index >= 15 is 0 Å². The van der Waals surface area contributed by atoms with Crippen molar-refractivity contribution in [3.05, 3.63) is 29.8 Å². The molecular weight excluding hydrogens is 155 g/mol. The minimum atomic E-state index is -0.292. The van der Waals surface area contributed by atoms with Crippen molar-refractivity contribution in [3.8, 4) is 0 Å². The standard InChI is InChI=1S/C9H13FN2/c1-7(11)2-4-9-5-3-8(10)6-12-9/h3,5-7H,2,4,11H2,1H3/t7-/m1/s1. The first kappa shape index (κ1) is 9.13. The average molecular weight is 168 g/mol. The Hall–Kier alpha value is -0.960. The van der Waals surface area contributed by atoms with Gasteiger partial charge in [0.25, 0.3) is 0 Å². The molecule has 0 aliphatic rings. The molecule has 0 fully saturated rings. The summed E-state index contributed by atoms with van der Waals surface area (Å²) in [4.78, 5) is 3.92. The molecule has 0 aliphatic carbocycles. The predicted octanol–water partition coefficient (Wildman–Crippen LogP) is 1.50. The van der Waals surface area contributed by atoms with Crippen LogP contribution in [0.5, 0.6) is 0 Å². The highest BCUT2D eigenvalue weighted by Gasteiger charge is 1.97. The fraction of sp³-hybridized carbons (Fsp3) is 0.444. The van der Waals surface area contributed by atoms with Crippen molar-refractivity contribution in [1.82, 2.24) is 4.98 Å². The quantitative estimate of drug-likeness (QED) is 0.742. The van der Waals surface area contributed by atoms with Crippen LogP contribution in [0.25, 0.3) is 0 Å². The molecule has 1 heterocycles. The van der Waals surface area contributed by atoms with Gasteiger partial charge in [-0.15, -0.1) is 0 Å². The van der Waals surface area contributed by atoms with Crippen molar-refractivity contribution >= 4 is 0 Å². The highest BCUT2D eigenvalue weighted by Crippen LogP contribution is 2.02. The lowest BCUT2D eigenvalue weighted by atomic mass is 10.1. The van der Waals surface area contributed by atoms with Crippen LogP contribution >= 0.6 is 0 Å². The van der Waals surface area contributed by atoms with Crippen LogP contribution in [0.15, 0.2) is 18.3 Å². The molecule has 0 saturated heterocycles. The van der Waals surface area contributed by atoms with Crippen LogP contribution in [0.3, 0.4) is 0 Å². The van der Waals surface area contributed by atoms with Gasteiger partial charge in [0, 0.05) is 11.7 Å². The first-order chi connectivity index (χ1) is 5.68. The zero-order chi connectivity index (χ0) is 8.97. The summed E-state index contributed by atoms with van der Waals surface area (Å²) in [5, 5.41) is 0. The predicted molar refractivity (Wildman–Crippen MR) is 46.2 cm³/mol. The summed E-state index contributed by atoms with van der Waals surface area (Å²) >= 11 is 0. The van der Waals surface area contributed by atoms with Crippen LogP contribution in [0.1, 0.15) is 19.0 Å². The Kier molecular flexibility index (Phi) is 3.17. The summed E-state index contributed by atoms with van der Waals surface area (Å²) in [6.07, 6.45) is 2.94. The molecule has 1 aromatic rings. The minimum Gasteiger partial charge on any atom is -0.328 e. The minimum absolute atomic E-state index is 0.178. The largest absolute Gasteiger partial charge is 0.328 e. The zero-order valence-electron chi connectivity index (χ0n) is 7.13. The van der Waals surface area contributed by atoms with E-state index in [1.165, 1.54) is 12.3 Å². The first-order valence-electron chi connectivity index (χ1n) is 4.04. The lowest BCUT2D eigenvalue weighted by Crippen LogP contribution is -2.15. The molecule has 1 atom stereocenters. The molecule has 0 spiro atoms. The topological polar surface area (TPSA) is 38.9 Å². The smallest absolute Gasteiger partial charge is 0.141 e. The number of hydrogen-bond donors (Lipinski definition) is 1.